The van der Waals surface area contributed by atoms with Crippen LogP contribution in [0.5, 0.6) is 0 Å². The van der Waals surface area contributed by atoms with Gasteiger partial charge in [0, 0.05) is 18.7 Å². The van der Waals surface area contributed by atoms with Crippen molar-refractivity contribution >= 4 is 5.91 Å². The molecule has 2 N–H and O–H groups in total. The summed E-state index contributed by atoms with van der Waals surface area (Å²) in [5.41, 5.74) is 7.90. The first-order chi connectivity index (χ1) is 10.0. The molecule has 112 valence electrons. The van der Waals surface area contributed by atoms with E-state index in [1.165, 1.54) is 0 Å². The molecule has 1 saturated heterocycles. The highest BCUT2D eigenvalue weighted by Gasteiger charge is 2.27. The average Bonchev–Trinajstić information content (AvgIpc) is 2.43. The summed E-state index contributed by atoms with van der Waals surface area (Å²) in [6.07, 6.45) is 0.114. The topological polar surface area (TPSA) is 55.6 Å². The molecule has 1 aliphatic rings. The lowest BCUT2D eigenvalue weighted by Crippen LogP contribution is -2.48. The van der Waals surface area contributed by atoms with Crippen LogP contribution in [0.15, 0.2) is 18.2 Å². The third kappa shape index (κ3) is 3.84. The van der Waals surface area contributed by atoms with Crippen LogP contribution in [0.1, 0.15) is 35.3 Å². The molecule has 2 rings (SSSR count). The van der Waals surface area contributed by atoms with E-state index in [9.17, 15) is 4.79 Å². The largest absolute Gasteiger partial charge is 0.372 e. The van der Waals surface area contributed by atoms with Gasteiger partial charge in [-0.3, -0.25) is 4.79 Å². The predicted molar refractivity (Wildman–Crippen MR) is 83.0 cm³/mol. The van der Waals surface area contributed by atoms with E-state index >= 15 is 0 Å². The quantitative estimate of drug-likeness (QED) is 0.797. The van der Waals surface area contributed by atoms with Crippen LogP contribution in [0.4, 0.5) is 0 Å². The van der Waals surface area contributed by atoms with Gasteiger partial charge in [0.05, 0.1) is 24.3 Å². The summed E-state index contributed by atoms with van der Waals surface area (Å²) in [7, 11) is 0. The molecule has 21 heavy (non-hydrogen) atoms. The zero-order valence-electron chi connectivity index (χ0n) is 12.8. The number of hydrogen-bond donors (Lipinski definition) is 1. The van der Waals surface area contributed by atoms with Crippen molar-refractivity contribution in [3.8, 4) is 11.8 Å². The van der Waals surface area contributed by atoms with Crippen LogP contribution in [0, 0.1) is 18.8 Å². The number of rotatable bonds is 1. The molecule has 0 saturated carbocycles. The third-order valence-corrected chi connectivity index (χ3v) is 3.44. The molecule has 1 aromatic rings. The number of hydrogen-bond acceptors (Lipinski definition) is 3. The number of amides is 1. The summed E-state index contributed by atoms with van der Waals surface area (Å²) in [6.45, 7) is 7.47. The van der Waals surface area contributed by atoms with Gasteiger partial charge in [-0.2, -0.15) is 0 Å². The minimum absolute atomic E-state index is 0.0123. The molecule has 0 bridgehead atoms. The Balaban J connectivity index is 2.30. The van der Waals surface area contributed by atoms with Crippen molar-refractivity contribution in [3.63, 3.8) is 0 Å². The minimum Gasteiger partial charge on any atom is -0.372 e. The molecule has 1 heterocycles. The number of nitrogens with two attached hydrogens (primary N) is 1. The molecule has 4 nitrogen and oxygen atoms in total. The van der Waals surface area contributed by atoms with E-state index in [2.05, 4.69) is 11.8 Å². The van der Waals surface area contributed by atoms with Crippen LogP contribution in [0.3, 0.4) is 0 Å². The summed E-state index contributed by atoms with van der Waals surface area (Å²) in [5.74, 6) is 5.84. The summed E-state index contributed by atoms with van der Waals surface area (Å²) in [5, 5.41) is 0. The Morgan fingerprint density at radius 1 is 1.38 bits per heavy atom. The van der Waals surface area contributed by atoms with Crippen molar-refractivity contribution in [2.75, 3.05) is 19.6 Å². The van der Waals surface area contributed by atoms with Gasteiger partial charge in [-0.1, -0.05) is 17.9 Å². The van der Waals surface area contributed by atoms with Gasteiger partial charge < -0.3 is 15.4 Å². The minimum atomic E-state index is 0.0123. The van der Waals surface area contributed by atoms with Crippen LogP contribution in [-0.2, 0) is 4.74 Å². The maximum atomic E-state index is 12.8. The Morgan fingerprint density at radius 2 is 2.05 bits per heavy atom. The number of carbonyl (C=O) groups is 1. The van der Waals surface area contributed by atoms with E-state index in [1.807, 2.05) is 43.9 Å². The van der Waals surface area contributed by atoms with E-state index in [4.69, 9.17) is 10.5 Å². The van der Waals surface area contributed by atoms with Crippen LogP contribution in [-0.4, -0.2) is 42.6 Å². The number of ether oxygens (including phenoxy) is 1. The molecule has 2 unspecified atom stereocenters. The summed E-state index contributed by atoms with van der Waals surface area (Å²) < 4.78 is 5.68. The van der Waals surface area contributed by atoms with Gasteiger partial charge in [-0.15, -0.1) is 0 Å². The lowest BCUT2D eigenvalue weighted by atomic mass is 10.0. The van der Waals surface area contributed by atoms with Crippen molar-refractivity contribution in [2.24, 2.45) is 5.73 Å². The maximum absolute atomic E-state index is 12.8. The van der Waals surface area contributed by atoms with Crippen molar-refractivity contribution in [1.82, 2.24) is 4.90 Å². The Kier molecular flexibility index (Phi) is 5.00. The van der Waals surface area contributed by atoms with E-state index in [1.54, 1.807) is 0 Å². The number of carbonyl (C=O) groups excluding carboxylic acids is 1. The van der Waals surface area contributed by atoms with Gasteiger partial charge >= 0.3 is 0 Å². The van der Waals surface area contributed by atoms with Crippen LogP contribution < -0.4 is 5.73 Å². The third-order valence-electron chi connectivity index (χ3n) is 3.44. The van der Waals surface area contributed by atoms with Gasteiger partial charge in [-0.25, -0.2) is 0 Å². The second-order valence-corrected chi connectivity index (χ2v) is 5.52. The second-order valence-electron chi connectivity index (χ2n) is 5.52. The van der Waals surface area contributed by atoms with Crippen LogP contribution in [0.2, 0.25) is 0 Å². The normalized spacial score (nSPS) is 21.6. The summed E-state index contributed by atoms with van der Waals surface area (Å²) >= 11 is 0. The molecule has 0 spiro atoms. The number of nitrogens with zero attached hydrogens (tertiary/aromatic N) is 1. The predicted octanol–water partition coefficient (Wildman–Crippen LogP) is 1.55. The molecular weight excluding hydrogens is 264 g/mol. The van der Waals surface area contributed by atoms with E-state index < -0.39 is 0 Å². The zero-order chi connectivity index (χ0) is 15.4. The SMILES string of the molecule is Cc1ccc(C(=O)N2CC(C)OC(C)C2)c(C#CCN)c1. The van der Waals surface area contributed by atoms with Gasteiger partial charge in [0.25, 0.3) is 5.91 Å². The molecule has 1 aliphatic heterocycles. The molecule has 1 aromatic carbocycles. The second kappa shape index (κ2) is 6.75. The first-order valence-electron chi connectivity index (χ1n) is 7.25. The van der Waals surface area contributed by atoms with E-state index in [0.717, 1.165) is 11.1 Å². The fourth-order valence-electron chi connectivity index (χ4n) is 2.61. The molecule has 1 fully saturated rings. The number of benzene rings is 1. The average molecular weight is 286 g/mol. The van der Waals surface area contributed by atoms with E-state index in [0.29, 0.717) is 18.7 Å². The Bertz CT molecular complexity index is 576. The number of aryl methyl sites for hydroxylation is 1. The monoisotopic (exact) mass is 286 g/mol. The lowest BCUT2D eigenvalue weighted by molar-refractivity contribution is -0.0586. The van der Waals surface area contributed by atoms with E-state index in [-0.39, 0.29) is 24.7 Å². The Hall–Kier alpha value is -1.83. The molecule has 4 heteroatoms. The fourth-order valence-corrected chi connectivity index (χ4v) is 2.61. The van der Waals surface area contributed by atoms with Crippen molar-refractivity contribution in [1.29, 1.82) is 0 Å². The summed E-state index contributed by atoms with van der Waals surface area (Å²) in [6, 6.07) is 5.72. The summed E-state index contributed by atoms with van der Waals surface area (Å²) in [4.78, 5) is 14.6. The smallest absolute Gasteiger partial charge is 0.255 e. The molecule has 0 aromatic heterocycles. The van der Waals surface area contributed by atoms with Crippen molar-refractivity contribution in [2.45, 2.75) is 33.0 Å². The first-order valence-corrected chi connectivity index (χ1v) is 7.25. The first kappa shape index (κ1) is 15.6. The van der Waals surface area contributed by atoms with Crippen molar-refractivity contribution < 1.29 is 9.53 Å². The van der Waals surface area contributed by atoms with Crippen molar-refractivity contribution in [3.05, 3.63) is 34.9 Å². The highest BCUT2D eigenvalue weighted by Crippen LogP contribution is 2.17. The molecular formula is C17H22N2O2. The van der Waals surface area contributed by atoms with Crippen LogP contribution in [0.25, 0.3) is 0 Å². The fraction of sp³-hybridized carbons (Fsp3) is 0.471. The molecule has 2 atom stereocenters. The molecule has 1 amide bonds. The standard InChI is InChI=1S/C17H22N2O2/c1-12-6-7-16(15(9-12)5-4-8-18)17(20)19-10-13(2)21-14(3)11-19/h6-7,9,13-14H,8,10-11,18H2,1-3H3. The van der Waals surface area contributed by atoms with Gasteiger partial charge in [0.2, 0.25) is 0 Å². The highest BCUT2D eigenvalue weighted by atomic mass is 16.5. The van der Waals surface area contributed by atoms with Gasteiger partial charge in [-0.05, 0) is 38.5 Å². The zero-order valence-corrected chi connectivity index (χ0v) is 12.8. The van der Waals surface area contributed by atoms with Crippen LogP contribution >= 0.6 is 0 Å². The number of morpholine rings is 1. The molecule has 0 aliphatic carbocycles. The Labute approximate surface area is 126 Å². The Morgan fingerprint density at radius 3 is 2.67 bits per heavy atom. The maximum Gasteiger partial charge on any atom is 0.255 e. The molecule has 0 radical (unpaired) electrons. The van der Waals surface area contributed by atoms with Gasteiger partial charge in [0.15, 0.2) is 0 Å². The highest BCUT2D eigenvalue weighted by molar-refractivity contribution is 5.97. The van der Waals surface area contributed by atoms with Gasteiger partial charge in [0.1, 0.15) is 0 Å². The lowest BCUT2D eigenvalue weighted by Gasteiger charge is -2.35.